The molecule has 9 nitrogen and oxygen atoms in total. The Labute approximate surface area is 202 Å². The topological polar surface area (TPSA) is 125 Å². The third-order valence-corrected chi connectivity index (χ3v) is 4.59. The van der Waals surface area contributed by atoms with Gasteiger partial charge in [0, 0.05) is 19.5 Å². The minimum atomic E-state index is -1.15. The molecule has 192 valence electrons. The molecule has 1 aromatic rings. The van der Waals surface area contributed by atoms with Gasteiger partial charge in [-0.15, -0.1) is 0 Å². The highest BCUT2D eigenvalue weighted by Crippen LogP contribution is 2.18. The molecule has 3 N–H and O–H groups in total. The average Bonchev–Trinajstić information content (AvgIpc) is 2.69. The third-order valence-electron chi connectivity index (χ3n) is 4.59. The molecule has 1 unspecified atom stereocenters. The molecular weight excluding hydrogens is 440 g/mol. The zero-order valence-electron chi connectivity index (χ0n) is 21.2. The summed E-state index contributed by atoms with van der Waals surface area (Å²) in [6.45, 7) is 9.90. The lowest BCUT2D eigenvalue weighted by Gasteiger charge is -2.34. The van der Waals surface area contributed by atoms with E-state index in [1.54, 1.807) is 53.7 Å². The number of benzene rings is 1. The van der Waals surface area contributed by atoms with E-state index >= 15 is 0 Å². The summed E-state index contributed by atoms with van der Waals surface area (Å²) in [5, 5.41) is 21.7. The van der Waals surface area contributed by atoms with Crippen molar-refractivity contribution < 1.29 is 34.1 Å². The van der Waals surface area contributed by atoms with Gasteiger partial charge in [0.05, 0.1) is 19.6 Å². The molecule has 0 aliphatic rings. The summed E-state index contributed by atoms with van der Waals surface area (Å²) in [5.41, 5.74) is -0.831. The van der Waals surface area contributed by atoms with E-state index in [1.807, 2.05) is 18.2 Å². The molecule has 0 aliphatic carbocycles. The first-order chi connectivity index (χ1) is 15.8. The highest BCUT2D eigenvalue weighted by molar-refractivity contribution is 5.87. The molecule has 9 heteroatoms. The molecule has 0 spiro atoms. The molecule has 0 radical (unpaired) electrons. The van der Waals surface area contributed by atoms with Gasteiger partial charge >= 0.3 is 11.9 Å². The van der Waals surface area contributed by atoms with Crippen LogP contribution in [0.5, 0.6) is 0 Å². The number of carbonyl (C=O) groups is 3. The van der Waals surface area contributed by atoms with E-state index in [4.69, 9.17) is 9.47 Å². The van der Waals surface area contributed by atoms with Gasteiger partial charge in [0.2, 0.25) is 5.91 Å². The fourth-order valence-corrected chi connectivity index (χ4v) is 3.28. The normalized spacial score (nSPS) is 13.8. The van der Waals surface area contributed by atoms with Gasteiger partial charge in [0.1, 0.15) is 23.3 Å². The largest absolute Gasteiger partial charge is 0.459 e. The lowest BCUT2D eigenvalue weighted by molar-refractivity contribution is -0.165. The molecule has 1 aromatic carbocycles. The van der Waals surface area contributed by atoms with Gasteiger partial charge in [0.15, 0.2) is 0 Å². The number of amides is 1. The first kappa shape index (κ1) is 29.5. The van der Waals surface area contributed by atoms with Crippen molar-refractivity contribution in [2.75, 3.05) is 26.3 Å². The molecule has 0 fully saturated rings. The number of ether oxygens (including phenoxy) is 2. The second-order valence-corrected chi connectivity index (χ2v) is 10.1. The predicted octanol–water partition coefficient (Wildman–Crippen LogP) is 1.44. The summed E-state index contributed by atoms with van der Waals surface area (Å²) in [4.78, 5) is 40.4. The van der Waals surface area contributed by atoms with Crippen molar-refractivity contribution >= 4 is 17.8 Å². The van der Waals surface area contributed by atoms with Crippen LogP contribution in [0.3, 0.4) is 0 Å². The number of esters is 2. The molecule has 1 amide bonds. The van der Waals surface area contributed by atoms with Crippen LogP contribution in [0.15, 0.2) is 30.3 Å². The Morgan fingerprint density at radius 2 is 1.38 bits per heavy atom. The number of rotatable bonds is 12. The summed E-state index contributed by atoms with van der Waals surface area (Å²) in [7, 11) is 0. The lowest BCUT2D eigenvalue weighted by atomic mass is 10.0. The second-order valence-electron chi connectivity index (χ2n) is 10.1. The van der Waals surface area contributed by atoms with Gasteiger partial charge in [-0.1, -0.05) is 30.3 Å². The van der Waals surface area contributed by atoms with Crippen LogP contribution in [0.4, 0.5) is 0 Å². The molecule has 34 heavy (non-hydrogen) atoms. The molecule has 0 heterocycles. The predicted molar refractivity (Wildman–Crippen MR) is 128 cm³/mol. The summed E-state index contributed by atoms with van der Waals surface area (Å²) in [6, 6.07) is 6.92. The lowest BCUT2D eigenvalue weighted by Crippen LogP contribution is -2.53. The van der Waals surface area contributed by atoms with Crippen LogP contribution in [-0.4, -0.2) is 82.5 Å². The van der Waals surface area contributed by atoms with Crippen molar-refractivity contribution in [1.29, 1.82) is 0 Å². The molecule has 0 aromatic heterocycles. The van der Waals surface area contributed by atoms with Gasteiger partial charge in [-0.3, -0.25) is 14.5 Å². The van der Waals surface area contributed by atoms with Crippen molar-refractivity contribution in [2.24, 2.45) is 0 Å². The van der Waals surface area contributed by atoms with E-state index in [9.17, 15) is 24.6 Å². The monoisotopic (exact) mass is 480 g/mol. The van der Waals surface area contributed by atoms with E-state index in [0.29, 0.717) is 0 Å². The standard InChI is InChI=1S/C25H40N2O7/c1-24(2,3)33-22(31)19(26-21(30)16-18-10-8-7-9-11-18)17-20(23(32)34-25(4,5)6)27(12-14-28)13-15-29/h7-11,19-20,28-29H,12-17H2,1-6H3,(H,26,30)/t19-,20?/m0/s1. The number of carbonyl (C=O) groups excluding carboxylic acids is 3. The zero-order chi connectivity index (χ0) is 25.9. The Balaban J connectivity index is 3.22. The van der Waals surface area contributed by atoms with E-state index in [-0.39, 0.29) is 39.1 Å². The number of hydrogen-bond acceptors (Lipinski definition) is 8. The summed E-state index contributed by atoms with van der Waals surface area (Å²) < 4.78 is 11.1. The van der Waals surface area contributed by atoms with Crippen LogP contribution >= 0.6 is 0 Å². The maximum Gasteiger partial charge on any atom is 0.329 e. The first-order valence-corrected chi connectivity index (χ1v) is 11.5. The highest BCUT2D eigenvalue weighted by atomic mass is 16.6. The second kappa shape index (κ2) is 13.4. The minimum Gasteiger partial charge on any atom is -0.459 e. The van der Waals surface area contributed by atoms with E-state index in [1.165, 1.54) is 4.90 Å². The first-order valence-electron chi connectivity index (χ1n) is 11.5. The fraction of sp³-hybridized carbons (Fsp3) is 0.640. The minimum absolute atomic E-state index is 0.0498. The molecule has 0 saturated carbocycles. The van der Waals surface area contributed by atoms with Crippen LogP contribution < -0.4 is 5.32 Å². The Hall–Kier alpha value is -2.49. The Kier molecular flexibility index (Phi) is 11.7. The van der Waals surface area contributed by atoms with Gasteiger partial charge in [-0.2, -0.15) is 0 Å². The third kappa shape index (κ3) is 11.6. The van der Waals surface area contributed by atoms with Crippen LogP contribution in [0.1, 0.15) is 53.5 Å². The average molecular weight is 481 g/mol. The molecule has 0 saturated heterocycles. The smallest absolute Gasteiger partial charge is 0.329 e. The van der Waals surface area contributed by atoms with Crippen molar-refractivity contribution in [2.45, 2.75) is 77.7 Å². The van der Waals surface area contributed by atoms with Crippen molar-refractivity contribution in [3.05, 3.63) is 35.9 Å². The molecule has 0 aliphatic heterocycles. The quantitative estimate of drug-likeness (QED) is 0.384. The van der Waals surface area contributed by atoms with E-state index < -0.39 is 41.1 Å². The number of nitrogens with one attached hydrogen (secondary N) is 1. The summed E-state index contributed by atoms with van der Waals surface area (Å²) in [5.74, 6) is -1.71. The van der Waals surface area contributed by atoms with Crippen LogP contribution in [0.2, 0.25) is 0 Å². The zero-order valence-corrected chi connectivity index (χ0v) is 21.2. The van der Waals surface area contributed by atoms with Gasteiger partial charge in [-0.25, -0.2) is 4.79 Å². The van der Waals surface area contributed by atoms with Gasteiger partial charge in [0.25, 0.3) is 0 Å². The highest BCUT2D eigenvalue weighted by Gasteiger charge is 2.36. The molecule has 2 atom stereocenters. The van der Waals surface area contributed by atoms with Crippen molar-refractivity contribution in [3.63, 3.8) is 0 Å². The van der Waals surface area contributed by atoms with E-state index in [0.717, 1.165) is 5.56 Å². The molecule has 1 rings (SSSR count). The van der Waals surface area contributed by atoms with Crippen LogP contribution in [0, 0.1) is 0 Å². The SMILES string of the molecule is CC(C)(C)OC(=O)C(C[C@H](NC(=O)Cc1ccccc1)C(=O)OC(C)(C)C)N(CCO)CCO. The number of nitrogens with zero attached hydrogens (tertiary/aromatic N) is 1. The summed E-state index contributed by atoms with van der Waals surface area (Å²) >= 11 is 0. The van der Waals surface area contributed by atoms with Gasteiger partial charge in [-0.05, 0) is 47.1 Å². The maximum absolute atomic E-state index is 13.1. The number of aliphatic hydroxyl groups excluding tert-OH is 2. The Bertz CT molecular complexity index is 779. The Morgan fingerprint density at radius 1 is 0.882 bits per heavy atom. The van der Waals surface area contributed by atoms with Gasteiger partial charge < -0.3 is 25.0 Å². The van der Waals surface area contributed by atoms with E-state index in [2.05, 4.69) is 5.32 Å². The van der Waals surface area contributed by atoms with Crippen LogP contribution in [-0.2, 0) is 30.3 Å². The Morgan fingerprint density at radius 3 is 1.85 bits per heavy atom. The number of aliphatic hydroxyl groups is 2. The molecular formula is C25H40N2O7. The van der Waals surface area contributed by atoms with Crippen molar-refractivity contribution in [3.8, 4) is 0 Å². The maximum atomic E-state index is 13.1. The van der Waals surface area contributed by atoms with Crippen LogP contribution in [0.25, 0.3) is 0 Å². The number of hydrogen-bond donors (Lipinski definition) is 3. The van der Waals surface area contributed by atoms with Crippen molar-refractivity contribution in [1.82, 2.24) is 10.2 Å². The summed E-state index contributed by atoms with van der Waals surface area (Å²) in [6.07, 6.45) is -0.0986. The fourth-order valence-electron chi connectivity index (χ4n) is 3.28. The molecule has 0 bridgehead atoms.